The molecular formula is C18H26N2O2. The number of carbonyl (C=O) groups excluding carboxylic acids is 1. The van der Waals surface area contributed by atoms with E-state index in [0.717, 1.165) is 39.0 Å². The summed E-state index contributed by atoms with van der Waals surface area (Å²) in [6, 6.07) is 10.2. The SMILES string of the molecule is O=C(C1CCC1)N1CCNC[C@H](COCc2ccccc2)C1. The molecule has 1 heterocycles. The third-order valence-electron chi connectivity index (χ3n) is 4.70. The summed E-state index contributed by atoms with van der Waals surface area (Å²) < 4.78 is 5.87. The van der Waals surface area contributed by atoms with Crippen LogP contribution in [0.2, 0.25) is 0 Å². The van der Waals surface area contributed by atoms with Crippen molar-refractivity contribution in [3.63, 3.8) is 0 Å². The first-order chi connectivity index (χ1) is 10.8. The number of benzene rings is 1. The van der Waals surface area contributed by atoms with E-state index in [1.54, 1.807) is 0 Å². The minimum atomic E-state index is 0.295. The minimum Gasteiger partial charge on any atom is -0.376 e. The van der Waals surface area contributed by atoms with E-state index in [0.29, 0.717) is 31.0 Å². The molecule has 1 aromatic carbocycles. The first-order valence-corrected chi connectivity index (χ1v) is 8.44. The first kappa shape index (κ1) is 15.5. The Morgan fingerprint density at radius 2 is 2.09 bits per heavy atom. The van der Waals surface area contributed by atoms with Crippen molar-refractivity contribution in [2.24, 2.45) is 11.8 Å². The van der Waals surface area contributed by atoms with Gasteiger partial charge in [-0.25, -0.2) is 0 Å². The molecule has 0 bridgehead atoms. The molecule has 22 heavy (non-hydrogen) atoms. The molecular weight excluding hydrogens is 276 g/mol. The van der Waals surface area contributed by atoms with Crippen molar-refractivity contribution in [2.45, 2.75) is 25.9 Å². The minimum absolute atomic E-state index is 0.295. The molecule has 1 aromatic rings. The van der Waals surface area contributed by atoms with Gasteiger partial charge in [-0.05, 0) is 18.4 Å². The molecule has 4 heteroatoms. The van der Waals surface area contributed by atoms with Gasteiger partial charge in [0.15, 0.2) is 0 Å². The van der Waals surface area contributed by atoms with Crippen LogP contribution >= 0.6 is 0 Å². The number of hydrogen-bond donors (Lipinski definition) is 1. The highest BCUT2D eigenvalue weighted by Crippen LogP contribution is 2.28. The van der Waals surface area contributed by atoms with Gasteiger partial charge in [-0.15, -0.1) is 0 Å². The van der Waals surface area contributed by atoms with Gasteiger partial charge in [0, 0.05) is 38.0 Å². The van der Waals surface area contributed by atoms with Gasteiger partial charge in [0.25, 0.3) is 0 Å². The largest absolute Gasteiger partial charge is 0.376 e. The molecule has 1 aliphatic heterocycles. The third-order valence-corrected chi connectivity index (χ3v) is 4.70. The van der Waals surface area contributed by atoms with Gasteiger partial charge < -0.3 is 15.0 Å². The lowest BCUT2D eigenvalue weighted by Gasteiger charge is -2.32. The molecule has 1 saturated carbocycles. The zero-order chi connectivity index (χ0) is 15.2. The summed E-state index contributed by atoms with van der Waals surface area (Å²) in [5, 5.41) is 3.43. The number of rotatable bonds is 5. The summed E-state index contributed by atoms with van der Waals surface area (Å²) in [5.74, 6) is 1.04. The maximum atomic E-state index is 12.4. The molecule has 2 aliphatic rings. The Balaban J connectivity index is 1.46. The number of amides is 1. The van der Waals surface area contributed by atoms with E-state index >= 15 is 0 Å². The summed E-state index contributed by atoms with van der Waals surface area (Å²) in [6.45, 7) is 4.85. The van der Waals surface area contributed by atoms with Crippen LogP contribution in [0.15, 0.2) is 30.3 Å². The van der Waals surface area contributed by atoms with Crippen molar-refractivity contribution >= 4 is 5.91 Å². The van der Waals surface area contributed by atoms with Gasteiger partial charge in [0.1, 0.15) is 0 Å². The molecule has 0 radical (unpaired) electrons. The highest BCUT2D eigenvalue weighted by Gasteiger charge is 2.31. The second kappa shape index (κ2) is 7.75. The molecule has 4 nitrogen and oxygen atoms in total. The maximum Gasteiger partial charge on any atom is 0.225 e. The molecule has 3 rings (SSSR count). The molecule has 1 amide bonds. The fourth-order valence-corrected chi connectivity index (χ4v) is 3.13. The molecule has 0 unspecified atom stereocenters. The van der Waals surface area contributed by atoms with Crippen molar-refractivity contribution < 1.29 is 9.53 Å². The Bertz CT molecular complexity index is 473. The Hall–Kier alpha value is -1.39. The van der Waals surface area contributed by atoms with Gasteiger partial charge in [-0.3, -0.25) is 4.79 Å². The summed E-state index contributed by atoms with van der Waals surface area (Å²) >= 11 is 0. The van der Waals surface area contributed by atoms with Crippen LogP contribution in [0.5, 0.6) is 0 Å². The first-order valence-electron chi connectivity index (χ1n) is 8.44. The third kappa shape index (κ3) is 4.08. The molecule has 120 valence electrons. The number of nitrogens with one attached hydrogen (secondary N) is 1. The lowest BCUT2D eigenvalue weighted by Crippen LogP contribution is -2.42. The van der Waals surface area contributed by atoms with E-state index in [2.05, 4.69) is 22.3 Å². The zero-order valence-corrected chi connectivity index (χ0v) is 13.2. The van der Waals surface area contributed by atoms with Gasteiger partial charge in [-0.2, -0.15) is 0 Å². The molecule has 1 saturated heterocycles. The molecule has 0 aromatic heterocycles. The van der Waals surface area contributed by atoms with Crippen LogP contribution in [-0.4, -0.2) is 43.6 Å². The van der Waals surface area contributed by atoms with E-state index in [-0.39, 0.29) is 0 Å². The number of hydrogen-bond acceptors (Lipinski definition) is 3. The fourth-order valence-electron chi connectivity index (χ4n) is 3.13. The van der Waals surface area contributed by atoms with E-state index in [4.69, 9.17) is 4.74 Å². The molecule has 1 N–H and O–H groups in total. The fraction of sp³-hybridized carbons (Fsp3) is 0.611. The van der Waals surface area contributed by atoms with E-state index in [9.17, 15) is 4.79 Å². The molecule has 1 atom stereocenters. The highest BCUT2D eigenvalue weighted by molar-refractivity contribution is 5.79. The summed E-state index contributed by atoms with van der Waals surface area (Å²) in [6.07, 6.45) is 3.38. The van der Waals surface area contributed by atoms with Gasteiger partial charge in [0.2, 0.25) is 5.91 Å². The van der Waals surface area contributed by atoms with Crippen molar-refractivity contribution in [1.29, 1.82) is 0 Å². The average Bonchev–Trinajstić information content (AvgIpc) is 2.72. The van der Waals surface area contributed by atoms with E-state index < -0.39 is 0 Å². The van der Waals surface area contributed by atoms with Crippen molar-refractivity contribution in [3.8, 4) is 0 Å². The smallest absolute Gasteiger partial charge is 0.225 e. The van der Waals surface area contributed by atoms with Crippen molar-refractivity contribution in [2.75, 3.05) is 32.8 Å². The Labute approximate surface area is 132 Å². The Morgan fingerprint density at radius 3 is 2.82 bits per heavy atom. The predicted molar refractivity (Wildman–Crippen MR) is 86.4 cm³/mol. The topological polar surface area (TPSA) is 41.6 Å². The van der Waals surface area contributed by atoms with Crippen LogP contribution in [-0.2, 0) is 16.1 Å². The van der Waals surface area contributed by atoms with E-state index in [1.807, 2.05) is 18.2 Å². The summed E-state index contributed by atoms with van der Waals surface area (Å²) in [7, 11) is 0. The summed E-state index contributed by atoms with van der Waals surface area (Å²) in [4.78, 5) is 14.5. The van der Waals surface area contributed by atoms with Gasteiger partial charge in [0.05, 0.1) is 13.2 Å². The van der Waals surface area contributed by atoms with Crippen LogP contribution < -0.4 is 5.32 Å². The maximum absolute atomic E-state index is 12.4. The van der Waals surface area contributed by atoms with Crippen LogP contribution in [0.1, 0.15) is 24.8 Å². The van der Waals surface area contributed by atoms with Crippen molar-refractivity contribution in [3.05, 3.63) is 35.9 Å². The Kier molecular flexibility index (Phi) is 5.46. The van der Waals surface area contributed by atoms with Crippen LogP contribution in [0.4, 0.5) is 0 Å². The second-order valence-corrected chi connectivity index (χ2v) is 6.48. The van der Waals surface area contributed by atoms with Crippen LogP contribution in [0.25, 0.3) is 0 Å². The normalized spacial score (nSPS) is 22.9. The average molecular weight is 302 g/mol. The predicted octanol–water partition coefficient (Wildman–Crippen LogP) is 2.05. The molecule has 2 fully saturated rings. The van der Waals surface area contributed by atoms with Gasteiger partial charge in [-0.1, -0.05) is 36.8 Å². The van der Waals surface area contributed by atoms with Gasteiger partial charge >= 0.3 is 0 Å². The lowest BCUT2D eigenvalue weighted by atomic mass is 9.84. The highest BCUT2D eigenvalue weighted by atomic mass is 16.5. The number of nitrogens with zero attached hydrogens (tertiary/aromatic N) is 1. The second-order valence-electron chi connectivity index (χ2n) is 6.48. The molecule has 0 spiro atoms. The zero-order valence-electron chi connectivity index (χ0n) is 13.2. The van der Waals surface area contributed by atoms with Crippen LogP contribution in [0, 0.1) is 11.8 Å². The lowest BCUT2D eigenvalue weighted by molar-refractivity contribution is -0.138. The quantitative estimate of drug-likeness (QED) is 0.905. The summed E-state index contributed by atoms with van der Waals surface area (Å²) in [5.41, 5.74) is 1.20. The van der Waals surface area contributed by atoms with E-state index in [1.165, 1.54) is 12.0 Å². The van der Waals surface area contributed by atoms with Crippen molar-refractivity contribution in [1.82, 2.24) is 10.2 Å². The number of carbonyl (C=O) groups is 1. The van der Waals surface area contributed by atoms with Crippen LogP contribution in [0.3, 0.4) is 0 Å². The monoisotopic (exact) mass is 302 g/mol. The number of ether oxygens (including phenoxy) is 1. The standard InChI is InChI=1S/C18H26N2O2/c21-18(17-7-4-8-17)20-10-9-19-11-16(12-20)14-22-13-15-5-2-1-3-6-15/h1-3,5-6,16-17,19H,4,7-14H2/t16-/m0/s1. The Morgan fingerprint density at radius 1 is 1.27 bits per heavy atom. The molecule has 1 aliphatic carbocycles.